The summed E-state index contributed by atoms with van der Waals surface area (Å²) in [7, 11) is -7.16. The van der Waals surface area contributed by atoms with Gasteiger partial charge in [0.15, 0.2) is 12.0 Å². The number of rotatable bonds is 9. The van der Waals surface area contributed by atoms with Gasteiger partial charge in [-0.05, 0) is 62.4 Å². The highest BCUT2D eigenvalue weighted by molar-refractivity contribution is 7.89. The topological polar surface area (TPSA) is 198 Å². The number of nitrogens with zero attached hydrogens (tertiary/aromatic N) is 1. The molecule has 18 heteroatoms. The molecular weight excluding hydrogens is 723 g/mol. The number of hydrogen-bond acceptors (Lipinski definition) is 14. The molecule has 0 aromatic heterocycles. The van der Waals surface area contributed by atoms with E-state index in [2.05, 4.69) is 5.32 Å². The van der Waals surface area contributed by atoms with Crippen molar-refractivity contribution in [3.8, 4) is 17.2 Å². The van der Waals surface area contributed by atoms with Crippen molar-refractivity contribution in [2.75, 3.05) is 46.4 Å². The van der Waals surface area contributed by atoms with Crippen LogP contribution in [-0.2, 0) is 44.7 Å². The number of esters is 1. The standard InChI is InChI=1S/C34H47N2O14PS/c1-6-44-32(38)22(4)49-51(40)20-47-24-9-7-23(8-10-24)15-27(35-34(39)48-31-19-46-33-26(31)13-14-45-33)28(37)18-36(17-21(2)3)52(41,42)25-11-12-29(43-5)30(16-25)50-51/h7-12,16,21-22,26-28,31,33,37,40H,6,13-15,17-20H2,1-5H3/p+1/t22-,26-,27-,28+,31-,33+,51?/m0/s1. The van der Waals surface area contributed by atoms with E-state index in [1.165, 1.54) is 32.2 Å². The maximum absolute atomic E-state index is 14.3. The molecule has 4 aliphatic heterocycles. The first-order chi connectivity index (χ1) is 24.7. The number of alkyl carbamates (subject to hydrolysis) is 1. The van der Waals surface area contributed by atoms with Crippen LogP contribution < -0.4 is 19.3 Å². The Morgan fingerprint density at radius 1 is 1.12 bits per heavy atom. The molecule has 2 aromatic carbocycles. The number of methoxy groups -OCH3 is 1. The van der Waals surface area contributed by atoms with Crippen LogP contribution in [0.25, 0.3) is 0 Å². The van der Waals surface area contributed by atoms with Gasteiger partial charge < -0.3 is 38.8 Å². The van der Waals surface area contributed by atoms with E-state index in [-0.39, 0.29) is 54.4 Å². The number of ether oxygens (including phenoxy) is 6. The van der Waals surface area contributed by atoms with Crippen LogP contribution in [0.5, 0.6) is 17.2 Å². The monoisotopic (exact) mass is 771 g/mol. The van der Waals surface area contributed by atoms with E-state index in [4.69, 9.17) is 37.5 Å². The lowest BCUT2D eigenvalue weighted by Crippen LogP contribution is -2.51. The van der Waals surface area contributed by atoms with Crippen LogP contribution in [0.2, 0.25) is 0 Å². The van der Waals surface area contributed by atoms with Gasteiger partial charge in [0.2, 0.25) is 21.9 Å². The zero-order valence-electron chi connectivity index (χ0n) is 29.8. The Kier molecular flexibility index (Phi) is 13.2. The third-order valence-electron chi connectivity index (χ3n) is 8.70. The minimum Gasteiger partial charge on any atom is -0.493 e. The molecule has 0 aliphatic carbocycles. The number of aliphatic hydroxyl groups is 1. The van der Waals surface area contributed by atoms with Gasteiger partial charge in [-0.25, -0.2) is 18.0 Å². The van der Waals surface area contributed by atoms with Gasteiger partial charge in [-0.3, -0.25) is 4.52 Å². The molecule has 4 aliphatic rings. The van der Waals surface area contributed by atoms with E-state index in [1.807, 2.05) is 13.8 Å². The first-order valence-corrected chi connectivity index (χ1v) is 20.4. The lowest BCUT2D eigenvalue weighted by atomic mass is 10.0. The van der Waals surface area contributed by atoms with Crippen LogP contribution in [-0.4, -0.2) is 112 Å². The molecule has 0 radical (unpaired) electrons. The summed E-state index contributed by atoms with van der Waals surface area (Å²) in [5, 5.41) is 14.4. The molecule has 2 fully saturated rings. The zero-order valence-corrected chi connectivity index (χ0v) is 31.5. The Morgan fingerprint density at radius 2 is 1.87 bits per heavy atom. The summed E-state index contributed by atoms with van der Waals surface area (Å²) in [6.07, 6.45) is -4.21. The van der Waals surface area contributed by atoms with Crippen molar-refractivity contribution in [2.24, 2.45) is 11.8 Å². The average molecular weight is 772 g/mol. The molecule has 16 nitrogen and oxygen atoms in total. The Labute approximate surface area is 304 Å². The third kappa shape index (κ3) is 9.82. The summed E-state index contributed by atoms with van der Waals surface area (Å²) in [4.78, 5) is 37.2. The predicted octanol–water partition coefficient (Wildman–Crippen LogP) is 3.25. The molecule has 4 heterocycles. The Bertz CT molecular complexity index is 1650. The Morgan fingerprint density at radius 3 is 2.56 bits per heavy atom. The van der Waals surface area contributed by atoms with E-state index in [9.17, 15) is 28.0 Å². The van der Waals surface area contributed by atoms with Gasteiger partial charge in [0.25, 0.3) is 6.35 Å². The molecule has 2 saturated heterocycles. The fraction of sp³-hybridized carbons (Fsp3) is 0.588. The number of amides is 1. The number of nitrogens with one attached hydrogen (secondary N) is 1. The van der Waals surface area contributed by atoms with Crippen molar-refractivity contribution in [1.82, 2.24) is 9.62 Å². The maximum Gasteiger partial charge on any atom is 0.494 e. The van der Waals surface area contributed by atoms with Crippen molar-refractivity contribution in [2.45, 2.75) is 76.1 Å². The van der Waals surface area contributed by atoms with Gasteiger partial charge in [0, 0.05) is 19.2 Å². The molecule has 4 bridgehead atoms. The molecule has 0 spiro atoms. The van der Waals surface area contributed by atoms with E-state index >= 15 is 0 Å². The van der Waals surface area contributed by atoms with Gasteiger partial charge in [-0.1, -0.05) is 26.0 Å². The van der Waals surface area contributed by atoms with Gasteiger partial charge in [0.1, 0.15) is 11.9 Å². The molecule has 1 amide bonds. The SMILES string of the molecule is CCOC(=O)[C@H](C)O[P+]1(O)COc2ccc(cc2)C[C@H](NC(=O)O[C@H]2CO[C@H]3OCC[C@H]32)[C@H](O)CN(CC(C)C)S(=O)(=O)c2ccc(OC)c(c2)O1. The molecule has 0 saturated carbocycles. The Balaban J connectivity index is 1.50. The highest BCUT2D eigenvalue weighted by atomic mass is 32.2. The Hall–Kier alpha value is -3.28. The highest BCUT2D eigenvalue weighted by Gasteiger charge is 2.49. The van der Waals surface area contributed by atoms with Gasteiger partial charge in [-0.2, -0.15) is 13.7 Å². The molecular formula is C34H48N2O14PS+. The quantitative estimate of drug-likeness (QED) is 0.248. The second-order valence-corrected chi connectivity index (χ2v) is 17.0. The first kappa shape index (κ1) is 39.9. The molecule has 2 aromatic rings. The predicted molar refractivity (Wildman–Crippen MR) is 186 cm³/mol. The number of carbonyl (C=O) groups excluding carboxylic acids is 2. The fourth-order valence-corrected chi connectivity index (χ4v) is 9.26. The minimum absolute atomic E-state index is 0.0148. The third-order valence-corrected chi connectivity index (χ3v) is 12.1. The number of sulfonamides is 1. The zero-order chi connectivity index (χ0) is 37.6. The molecule has 288 valence electrons. The molecule has 6 rings (SSSR count). The fourth-order valence-electron chi connectivity index (χ4n) is 6.12. The minimum atomic E-state index is -4.35. The van der Waals surface area contributed by atoms with Crippen LogP contribution >= 0.6 is 7.94 Å². The summed E-state index contributed by atoms with van der Waals surface area (Å²) in [5.74, 6) is -0.853. The molecule has 7 atom stereocenters. The summed E-state index contributed by atoms with van der Waals surface area (Å²) in [6, 6.07) is 9.46. The van der Waals surface area contributed by atoms with Crippen LogP contribution in [0.4, 0.5) is 4.79 Å². The second-order valence-electron chi connectivity index (χ2n) is 13.2. The van der Waals surface area contributed by atoms with Crippen molar-refractivity contribution in [3.63, 3.8) is 0 Å². The lowest BCUT2D eigenvalue weighted by molar-refractivity contribution is -0.151. The van der Waals surface area contributed by atoms with Crippen molar-refractivity contribution in [1.29, 1.82) is 0 Å². The van der Waals surface area contributed by atoms with Crippen LogP contribution in [0.15, 0.2) is 47.4 Å². The van der Waals surface area contributed by atoms with E-state index < -0.39 is 73.6 Å². The molecule has 3 N–H and O–H groups in total. The van der Waals surface area contributed by atoms with Crippen molar-refractivity contribution >= 4 is 30.0 Å². The molecule has 52 heavy (non-hydrogen) atoms. The number of fused-ring (bicyclic) bond motifs is 11. The normalized spacial score (nSPS) is 28.2. The maximum atomic E-state index is 14.3. The average Bonchev–Trinajstić information content (AvgIpc) is 3.72. The van der Waals surface area contributed by atoms with Gasteiger partial charge in [0.05, 0.1) is 49.9 Å². The number of hydrogen-bond donors (Lipinski definition) is 3. The second kappa shape index (κ2) is 17.2. The van der Waals surface area contributed by atoms with Gasteiger partial charge >= 0.3 is 20.0 Å². The van der Waals surface area contributed by atoms with Gasteiger partial charge in [-0.15, -0.1) is 0 Å². The van der Waals surface area contributed by atoms with Crippen LogP contribution in [0, 0.1) is 11.8 Å². The van der Waals surface area contributed by atoms with Crippen molar-refractivity contribution in [3.05, 3.63) is 48.0 Å². The summed E-state index contributed by atoms with van der Waals surface area (Å²) in [6.45, 7) is 7.04. The lowest BCUT2D eigenvalue weighted by Gasteiger charge is -2.31. The van der Waals surface area contributed by atoms with Crippen LogP contribution in [0.1, 0.15) is 39.7 Å². The number of carbonyl (C=O) groups is 2. The molecule has 1 unspecified atom stereocenters. The number of benzene rings is 2. The summed E-state index contributed by atoms with van der Waals surface area (Å²) >= 11 is 0. The highest BCUT2D eigenvalue weighted by Crippen LogP contribution is 2.59. The number of aliphatic hydroxyl groups excluding tert-OH is 1. The van der Waals surface area contributed by atoms with Crippen molar-refractivity contribution < 1.29 is 65.5 Å². The summed E-state index contributed by atoms with van der Waals surface area (Å²) < 4.78 is 74.6. The van der Waals surface area contributed by atoms with E-state index in [0.29, 0.717) is 24.3 Å². The van der Waals surface area contributed by atoms with E-state index in [1.54, 1.807) is 31.2 Å². The summed E-state index contributed by atoms with van der Waals surface area (Å²) in [5.41, 5.74) is 0.664. The van der Waals surface area contributed by atoms with E-state index in [0.717, 1.165) is 4.31 Å². The largest absolute Gasteiger partial charge is 0.494 e. The van der Waals surface area contributed by atoms with Crippen LogP contribution in [0.3, 0.4) is 0 Å². The smallest absolute Gasteiger partial charge is 0.493 e. The first-order valence-electron chi connectivity index (χ1n) is 17.1.